The molecule has 0 bridgehead atoms. The van der Waals surface area contributed by atoms with Gasteiger partial charge in [0.25, 0.3) is 5.91 Å². The number of fused-ring (bicyclic) bond motifs is 1. The number of halogens is 1. The molecule has 3 aromatic rings. The van der Waals surface area contributed by atoms with Gasteiger partial charge in [-0.25, -0.2) is 13.4 Å². The highest BCUT2D eigenvalue weighted by molar-refractivity contribution is 7.92. The monoisotopic (exact) mass is 529 g/mol. The molecule has 0 spiro atoms. The third-order valence-corrected chi connectivity index (χ3v) is 8.10. The van der Waals surface area contributed by atoms with Crippen molar-refractivity contribution < 1.29 is 17.9 Å². The average Bonchev–Trinajstić information content (AvgIpc) is 3.08. The zero-order valence-electron chi connectivity index (χ0n) is 20.7. The summed E-state index contributed by atoms with van der Waals surface area (Å²) in [6.45, 7) is 7.59. The lowest BCUT2D eigenvalue weighted by Crippen LogP contribution is -2.17. The van der Waals surface area contributed by atoms with E-state index in [4.69, 9.17) is 16.3 Å². The molecule has 0 fully saturated rings. The molecule has 2 aromatic carbocycles. The Morgan fingerprint density at radius 1 is 1.08 bits per heavy atom. The fourth-order valence-corrected chi connectivity index (χ4v) is 5.11. The van der Waals surface area contributed by atoms with Crippen LogP contribution in [0, 0.1) is 0 Å². The van der Waals surface area contributed by atoms with Crippen LogP contribution in [0.3, 0.4) is 0 Å². The third kappa shape index (κ3) is 5.10. The minimum Gasteiger partial charge on any atom is -0.489 e. The summed E-state index contributed by atoms with van der Waals surface area (Å²) in [6, 6.07) is 10.2. The normalized spacial score (nSPS) is 13.3. The first kappa shape index (κ1) is 25.7. The van der Waals surface area contributed by atoms with Crippen molar-refractivity contribution in [3.63, 3.8) is 0 Å². The lowest BCUT2D eigenvalue weighted by atomic mass is 10.1. The number of para-hydroxylation sites is 1. The highest BCUT2D eigenvalue weighted by atomic mass is 35.5. The van der Waals surface area contributed by atoms with Crippen molar-refractivity contribution >= 4 is 50.5 Å². The van der Waals surface area contributed by atoms with Gasteiger partial charge in [0.1, 0.15) is 10.8 Å². The van der Waals surface area contributed by atoms with E-state index in [9.17, 15) is 13.2 Å². The maximum atomic E-state index is 12.8. The van der Waals surface area contributed by atoms with Crippen LogP contribution in [0.15, 0.2) is 47.5 Å². The number of anilines is 4. The lowest BCUT2D eigenvalue weighted by molar-refractivity contribution is 0.0816. The number of carbonyl (C=O) groups is 1. The van der Waals surface area contributed by atoms with E-state index in [0.717, 1.165) is 5.56 Å². The number of sulfone groups is 1. The molecule has 1 aromatic heterocycles. The summed E-state index contributed by atoms with van der Waals surface area (Å²) in [4.78, 5) is 23.1. The van der Waals surface area contributed by atoms with Gasteiger partial charge in [-0.2, -0.15) is 4.98 Å². The van der Waals surface area contributed by atoms with E-state index in [1.54, 1.807) is 56.1 Å². The van der Waals surface area contributed by atoms with E-state index in [2.05, 4.69) is 20.6 Å². The molecule has 9 nitrogen and oxygen atoms in total. The zero-order valence-corrected chi connectivity index (χ0v) is 22.2. The van der Waals surface area contributed by atoms with Gasteiger partial charge >= 0.3 is 0 Å². The molecule has 2 heterocycles. The summed E-state index contributed by atoms with van der Waals surface area (Å²) in [5.74, 6) is 0.905. The second kappa shape index (κ2) is 9.94. The quantitative estimate of drug-likeness (QED) is 0.410. The van der Waals surface area contributed by atoms with Gasteiger partial charge in [0.2, 0.25) is 5.95 Å². The van der Waals surface area contributed by atoms with Gasteiger partial charge in [0.15, 0.2) is 15.7 Å². The van der Waals surface area contributed by atoms with Crippen molar-refractivity contribution in [1.29, 1.82) is 0 Å². The zero-order chi connectivity index (χ0) is 26.2. The Balaban J connectivity index is 1.69. The highest BCUT2D eigenvalue weighted by Gasteiger charge is 2.27. The van der Waals surface area contributed by atoms with Crippen LogP contribution in [0.25, 0.3) is 0 Å². The van der Waals surface area contributed by atoms with Crippen molar-refractivity contribution in [2.45, 2.75) is 50.5 Å². The Kier molecular flexibility index (Phi) is 7.10. The van der Waals surface area contributed by atoms with Gasteiger partial charge in [-0.3, -0.25) is 4.79 Å². The Morgan fingerprint density at radius 2 is 1.81 bits per heavy atom. The van der Waals surface area contributed by atoms with Crippen LogP contribution >= 0.6 is 11.6 Å². The molecule has 11 heteroatoms. The van der Waals surface area contributed by atoms with Gasteiger partial charge in [0.05, 0.1) is 33.8 Å². The molecule has 0 saturated carbocycles. The number of nitrogens with one attached hydrogen (secondary N) is 2. The first-order valence-corrected chi connectivity index (χ1v) is 13.4. The van der Waals surface area contributed by atoms with Gasteiger partial charge in [0, 0.05) is 19.2 Å². The predicted octanol–water partition coefficient (Wildman–Crippen LogP) is 5.17. The molecule has 190 valence electrons. The van der Waals surface area contributed by atoms with Gasteiger partial charge in [-0.05, 0) is 57.5 Å². The van der Waals surface area contributed by atoms with Gasteiger partial charge < -0.3 is 20.3 Å². The molecular formula is C25H28ClN5O4S. The highest BCUT2D eigenvalue weighted by Crippen LogP contribution is 2.36. The van der Waals surface area contributed by atoms with Crippen molar-refractivity contribution in [3.8, 4) is 5.75 Å². The number of aromatic nitrogens is 2. The van der Waals surface area contributed by atoms with Crippen molar-refractivity contribution in [3.05, 3.63) is 58.7 Å². The Labute approximate surface area is 215 Å². The van der Waals surface area contributed by atoms with E-state index in [0.29, 0.717) is 29.2 Å². The topological polar surface area (TPSA) is 114 Å². The first-order chi connectivity index (χ1) is 17.0. The molecule has 0 saturated heterocycles. The maximum absolute atomic E-state index is 12.8. The molecule has 1 aliphatic rings. The summed E-state index contributed by atoms with van der Waals surface area (Å²) < 4.78 is 31.7. The van der Waals surface area contributed by atoms with Crippen LogP contribution < -0.4 is 15.4 Å². The SMILES string of the molecule is CC(C)Oc1cc2c(cc1Nc1ncc(Cl)c(Nc3ccccc3S(=O)(=O)C(C)C)n1)C(=O)N(C)C2. The summed E-state index contributed by atoms with van der Waals surface area (Å²) in [6.07, 6.45) is 1.31. The van der Waals surface area contributed by atoms with E-state index in [-0.39, 0.29) is 33.7 Å². The molecular weight excluding hydrogens is 502 g/mol. The fraction of sp³-hybridized carbons (Fsp3) is 0.320. The van der Waals surface area contributed by atoms with E-state index >= 15 is 0 Å². The number of amides is 1. The van der Waals surface area contributed by atoms with E-state index in [1.807, 2.05) is 19.9 Å². The number of carbonyl (C=O) groups excluding carboxylic acids is 1. The number of ether oxygens (including phenoxy) is 1. The van der Waals surface area contributed by atoms with Crippen LogP contribution in [-0.4, -0.2) is 47.6 Å². The van der Waals surface area contributed by atoms with Crippen LogP contribution in [0.4, 0.5) is 23.1 Å². The molecule has 0 atom stereocenters. The Morgan fingerprint density at radius 3 is 2.50 bits per heavy atom. The molecule has 0 unspecified atom stereocenters. The van der Waals surface area contributed by atoms with Crippen molar-refractivity contribution in [2.75, 3.05) is 17.7 Å². The molecule has 0 radical (unpaired) electrons. The minimum atomic E-state index is -3.55. The molecule has 1 aliphatic heterocycles. The van der Waals surface area contributed by atoms with E-state index in [1.165, 1.54) is 6.20 Å². The summed E-state index contributed by atoms with van der Waals surface area (Å²) in [5.41, 5.74) is 2.34. The lowest BCUT2D eigenvalue weighted by Gasteiger charge is -2.17. The smallest absolute Gasteiger partial charge is 0.254 e. The maximum Gasteiger partial charge on any atom is 0.254 e. The van der Waals surface area contributed by atoms with Gasteiger partial charge in [-0.1, -0.05) is 23.7 Å². The second-order valence-corrected chi connectivity index (χ2v) is 11.9. The first-order valence-electron chi connectivity index (χ1n) is 11.5. The summed E-state index contributed by atoms with van der Waals surface area (Å²) >= 11 is 6.35. The molecule has 1 amide bonds. The number of benzene rings is 2. The number of nitrogens with zero attached hydrogens (tertiary/aromatic N) is 3. The van der Waals surface area contributed by atoms with E-state index < -0.39 is 15.1 Å². The number of rotatable bonds is 8. The molecule has 0 aliphatic carbocycles. The molecule has 2 N–H and O–H groups in total. The average molecular weight is 530 g/mol. The largest absolute Gasteiger partial charge is 0.489 e. The predicted molar refractivity (Wildman–Crippen MR) is 140 cm³/mol. The van der Waals surface area contributed by atoms with Crippen LogP contribution in [0.5, 0.6) is 5.75 Å². The Hall–Kier alpha value is -3.37. The number of hydrogen-bond donors (Lipinski definition) is 2. The van der Waals surface area contributed by atoms with Crippen molar-refractivity contribution in [1.82, 2.24) is 14.9 Å². The standard InChI is InChI=1S/C25H28ClN5O4S/c1-14(2)35-21-10-16-13-31(5)24(32)17(16)11-20(21)29-25-27-12-18(26)23(30-25)28-19-8-6-7-9-22(19)36(33,34)15(3)4/h6-12,14-15H,13H2,1-5H3,(H2,27,28,29,30). The summed E-state index contributed by atoms with van der Waals surface area (Å²) in [5, 5.41) is 5.77. The second-order valence-electron chi connectivity index (χ2n) is 9.06. The summed E-state index contributed by atoms with van der Waals surface area (Å²) in [7, 11) is -1.80. The van der Waals surface area contributed by atoms with Crippen LogP contribution in [0.1, 0.15) is 43.6 Å². The Bertz CT molecular complexity index is 1430. The minimum absolute atomic E-state index is 0.0773. The van der Waals surface area contributed by atoms with Gasteiger partial charge in [-0.15, -0.1) is 0 Å². The van der Waals surface area contributed by atoms with Crippen LogP contribution in [0.2, 0.25) is 5.02 Å². The third-order valence-electron chi connectivity index (χ3n) is 5.61. The van der Waals surface area contributed by atoms with Crippen LogP contribution in [-0.2, 0) is 16.4 Å². The van der Waals surface area contributed by atoms with Crippen molar-refractivity contribution in [2.24, 2.45) is 0 Å². The number of hydrogen-bond acceptors (Lipinski definition) is 8. The molecule has 36 heavy (non-hydrogen) atoms. The molecule has 4 rings (SSSR count). The fourth-order valence-electron chi connectivity index (χ4n) is 3.77.